The van der Waals surface area contributed by atoms with E-state index in [1.807, 2.05) is 0 Å². The molecule has 0 spiro atoms. The number of nitrogens with zero attached hydrogens (tertiary/aromatic N) is 9. The molecule has 4 aromatic rings. The van der Waals surface area contributed by atoms with Crippen LogP contribution in [0.1, 0.15) is 19.4 Å². The summed E-state index contributed by atoms with van der Waals surface area (Å²) in [5.74, 6) is 1.97. The van der Waals surface area contributed by atoms with Crippen molar-refractivity contribution < 1.29 is 9.59 Å². The van der Waals surface area contributed by atoms with E-state index in [4.69, 9.17) is 0 Å². The van der Waals surface area contributed by atoms with Crippen molar-refractivity contribution in [2.24, 2.45) is 18.9 Å². The van der Waals surface area contributed by atoms with Crippen molar-refractivity contribution in [3.8, 4) is 11.3 Å². The number of hydrogen-bond acceptors (Lipinski definition) is 10. The number of aromatic nitrogens is 8. The first-order valence-electron chi connectivity index (χ1n) is 12.2. The van der Waals surface area contributed by atoms with Crippen LogP contribution in [0.25, 0.3) is 22.4 Å². The third-order valence-corrected chi connectivity index (χ3v) is 7.19. The fraction of sp³-hybridized carbons (Fsp3) is 0.375. The zero-order valence-corrected chi connectivity index (χ0v) is 20.7. The lowest BCUT2D eigenvalue weighted by Gasteiger charge is -2.17. The fourth-order valence-corrected chi connectivity index (χ4v) is 4.92. The van der Waals surface area contributed by atoms with E-state index in [0.717, 1.165) is 34.1 Å². The van der Waals surface area contributed by atoms with E-state index >= 15 is 0 Å². The summed E-state index contributed by atoms with van der Waals surface area (Å²) in [6, 6.07) is -0.894. The Morgan fingerprint density at radius 3 is 2.58 bits per heavy atom. The predicted molar refractivity (Wildman–Crippen MR) is 136 cm³/mol. The van der Waals surface area contributed by atoms with Gasteiger partial charge in [0, 0.05) is 38.1 Å². The zero-order valence-electron chi connectivity index (χ0n) is 20.7. The first-order chi connectivity index (χ1) is 18.4. The first kappa shape index (κ1) is 23.6. The van der Waals surface area contributed by atoms with Gasteiger partial charge in [0.25, 0.3) is 5.56 Å². The normalized spacial score (nSPS) is 18.8. The van der Waals surface area contributed by atoms with Crippen LogP contribution in [0.3, 0.4) is 0 Å². The third-order valence-electron chi connectivity index (χ3n) is 7.19. The lowest BCUT2D eigenvalue weighted by molar-refractivity contribution is -0.118. The van der Waals surface area contributed by atoms with Crippen LogP contribution < -0.4 is 21.5 Å². The quantitative estimate of drug-likeness (QED) is 0.331. The average molecular weight is 517 g/mol. The van der Waals surface area contributed by atoms with Crippen molar-refractivity contribution in [2.45, 2.75) is 25.9 Å². The topological polar surface area (TPSA) is 163 Å². The van der Waals surface area contributed by atoms with Gasteiger partial charge in [0.15, 0.2) is 17.0 Å². The number of amides is 1. The Kier molecular flexibility index (Phi) is 5.58. The largest absolute Gasteiger partial charge is 0.340 e. The summed E-state index contributed by atoms with van der Waals surface area (Å²) in [5, 5.41) is 2.71. The molecule has 194 valence electrons. The van der Waals surface area contributed by atoms with Crippen LogP contribution in [-0.4, -0.2) is 63.9 Å². The maximum atomic E-state index is 13.1. The number of imidazole rings is 1. The van der Waals surface area contributed by atoms with Crippen molar-refractivity contribution in [1.29, 1.82) is 0 Å². The summed E-state index contributed by atoms with van der Waals surface area (Å²) < 4.78 is 3.32. The first-order valence-corrected chi connectivity index (χ1v) is 12.2. The van der Waals surface area contributed by atoms with Crippen LogP contribution in [0, 0.1) is 11.8 Å². The smallest absolute Gasteiger partial charge is 0.332 e. The molecule has 1 saturated heterocycles. The summed E-state index contributed by atoms with van der Waals surface area (Å²) in [6.07, 6.45) is 9.43. The Balaban J connectivity index is 1.22. The molecule has 2 unspecified atom stereocenters. The monoisotopic (exact) mass is 516 g/mol. The highest BCUT2D eigenvalue weighted by Gasteiger charge is 2.45. The number of carbonyl (C=O) groups is 2. The molecule has 2 fully saturated rings. The number of anilines is 2. The van der Waals surface area contributed by atoms with Gasteiger partial charge in [0.1, 0.15) is 12.3 Å². The standard InChI is InChI=1S/C24H24N10O4/c1-13(34-12-28-20-19(34)22(37)33(3-4-35)24(38)31(20)2)21(36)30-18-9-25-8-17(29-18)16-6-26-23(27-7-16)32-10-14-5-15(14)11-32/h4,6-9,12-15H,3,5,10-11H2,1-2H3,(H,29,30,36)/t13-,14?,15?/m0/s1. The van der Waals surface area contributed by atoms with Crippen LogP contribution in [0.5, 0.6) is 0 Å². The number of hydrogen-bond donors (Lipinski definition) is 1. The van der Waals surface area contributed by atoms with E-state index in [2.05, 4.69) is 35.1 Å². The number of rotatable bonds is 7. The highest BCUT2D eigenvalue weighted by Crippen LogP contribution is 2.45. The number of aldehydes is 1. The van der Waals surface area contributed by atoms with Gasteiger partial charge in [-0.3, -0.25) is 23.7 Å². The maximum Gasteiger partial charge on any atom is 0.332 e. The second-order valence-corrected chi connectivity index (χ2v) is 9.64. The Morgan fingerprint density at radius 1 is 1.13 bits per heavy atom. The SMILES string of the molecule is C[C@@H](C(=O)Nc1cncc(-c2cnc(N3CC4CC4C3)nc2)n1)n1cnc2c1c(=O)n(CC=O)c(=O)n2C. The summed E-state index contributed by atoms with van der Waals surface area (Å²) in [6.45, 7) is 3.17. The molecule has 1 amide bonds. The molecule has 3 atom stereocenters. The minimum Gasteiger partial charge on any atom is -0.340 e. The molecule has 4 aromatic heterocycles. The summed E-state index contributed by atoms with van der Waals surface area (Å²) in [5.41, 5.74) is -0.0817. The highest BCUT2D eigenvalue weighted by atomic mass is 16.2. The van der Waals surface area contributed by atoms with Gasteiger partial charge in [-0.1, -0.05) is 0 Å². The molecule has 5 heterocycles. The average Bonchev–Trinajstić information content (AvgIpc) is 3.32. The van der Waals surface area contributed by atoms with Crippen LogP contribution in [0.15, 0.2) is 40.7 Å². The Hall–Kier alpha value is -4.75. The van der Waals surface area contributed by atoms with Crippen LogP contribution in [0.4, 0.5) is 11.8 Å². The van der Waals surface area contributed by atoms with E-state index < -0.39 is 29.7 Å². The van der Waals surface area contributed by atoms with Crippen LogP contribution in [-0.2, 0) is 23.2 Å². The Labute approximate surface area is 215 Å². The molecule has 2 aliphatic rings. The van der Waals surface area contributed by atoms with Gasteiger partial charge in [-0.05, 0) is 25.2 Å². The minimum absolute atomic E-state index is 0.0315. The molecule has 14 nitrogen and oxygen atoms in total. The molecule has 1 N–H and O–H groups in total. The highest BCUT2D eigenvalue weighted by molar-refractivity contribution is 5.93. The second kappa shape index (κ2) is 8.97. The molecule has 0 radical (unpaired) electrons. The molecule has 6 rings (SSSR count). The number of fused-ring (bicyclic) bond motifs is 2. The van der Waals surface area contributed by atoms with E-state index in [-0.39, 0.29) is 17.0 Å². The van der Waals surface area contributed by atoms with Crippen LogP contribution >= 0.6 is 0 Å². The van der Waals surface area contributed by atoms with Gasteiger partial charge in [0.2, 0.25) is 11.9 Å². The van der Waals surface area contributed by atoms with E-state index in [1.54, 1.807) is 25.5 Å². The number of carbonyl (C=O) groups excluding carboxylic acids is 2. The molecular weight excluding hydrogens is 492 g/mol. The fourth-order valence-electron chi connectivity index (χ4n) is 4.92. The molecule has 14 heteroatoms. The Morgan fingerprint density at radius 2 is 1.87 bits per heavy atom. The maximum absolute atomic E-state index is 13.1. The predicted octanol–water partition coefficient (Wildman–Crippen LogP) is -0.00160. The van der Waals surface area contributed by atoms with E-state index in [0.29, 0.717) is 23.5 Å². The van der Waals surface area contributed by atoms with Gasteiger partial charge in [-0.25, -0.2) is 24.7 Å². The zero-order chi connectivity index (χ0) is 26.6. The Bertz CT molecular complexity index is 1680. The molecule has 0 bridgehead atoms. The molecule has 1 saturated carbocycles. The van der Waals surface area contributed by atoms with Gasteiger partial charge < -0.3 is 19.6 Å². The van der Waals surface area contributed by atoms with E-state index in [9.17, 15) is 19.2 Å². The van der Waals surface area contributed by atoms with Crippen molar-refractivity contribution >= 4 is 35.1 Å². The van der Waals surface area contributed by atoms with Crippen molar-refractivity contribution in [2.75, 3.05) is 23.3 Å². The second-order valence-electron chi connectivity index (χ2n) is 9.64. The van der Waals surface area contributed by atoms with Gasteiger partial charge in [-0.2, -0.15) is 0 Å². The number of aryl methyl sites for hydroxylation is 1. The lowest BCUT2D eigenvalue weighted by atomic mass is 10.2. The molecule has 0 aromatic carbocycles. The molecule has 1 aliphatic heterocycles. The minimum atomic E-state index is -0.894. The third kappa shape index (κ3) is 3.93. The molecule has 38 heavy (non-hydrogen) atoms. The number of nitrogens with one attached hydrogen (secondary N) is 1. The van der Waals surface area contributed by atoms with Crippen molar-refractivity contribution in [3.63, 3.8) is 0 Å². The summed E-state index contributed by atoms with van der Waals surface area (Å²) in [7, 11) is 1.44. The summed E-state index contributed by atoms with van der Waals surface area (Å²) in [4.78, 5) is 73.4. The van der Waals surface area contributed by atoms with Crippen molar-refractivity contribution in [3.05, 3.63) is 52.0 Å². The van der Waals surface area contributed by atoms with Gasteiger partial charge >= 0.3 is 5.69 Å². The van der Waals surface area contributed by atoms with Crippen LogP contribution in [0.2, 0.25) is 0 Å². The van der Waals surface area contributed by atoms with Crippen molar-refractivity contribution in [1.82, 2.24) is 38.6 Å². The van der Waals surface area contributed by atoms with Gasteiger partial charge in [0.05, 0.1) is 31.0 Å². The van der Waals surface area contributed by atoms with Gasteiger partial charge in [-0.15, -0.1) is 0 Å². The summed E-state index contributed by atoms with van der Waals surface area (Å²) >= 11 is 0. The lowest BCUT2D eigenvalue weighted by Crippen LogP contribution is -2.40. The molecule has 1 aliphatic carbocycles. The van der Waals surface area contributed by atoms with E-state index in [1.165, 1.54) is 30.6 Å². The number of piperidine rings is 1. The molecular formula is C24H24N10O4.